The van der Waals surface area contributed by atoms with Gasteiger partial charge < -0.3 is 4.74 Å². The van der Waals surface area contributed by atoms with Gasteiger partial charge in [0.15, 0.2) is 4.60 Å². The summed E-state index contributed by atoms with van der Waals surface area (Å²) in [5.74, 6) is 0. The van der Waals surface area contributed by atoms with Gasteiger partial charge in [0.1, 0.15) is 0 Å². The molecule has 8 nitrogen and oxygen atoms in total. The van der Waals surface area contributed by atoms with Crippen LogP contribution in [0.1, 0.15) is 6.42 Å². The van der Waals surface area contributed by atoms with E-state index in [4.69, 9.17) is 10.00 Å². The van der Waals surface area contributed by atoms with Gasteiger partial charge in [-0.3, -0.25) is 0 Å². The number of rotatable bonds is 7. The second kappa shape index (κ2) is 6.95. The summed E-state index contributed by atoms with van der Waals surface area (Å²) in [6.07, 6.45) is 0.103. The smallest absolute Gasteiger partial charge is 0.263 e. The van der Waals surface area contributed by atoms with E-state index in [9.17, 15) is 8.42 Å². The van der Waals surface area contributed by atoms with E-state index in [1.807, 2.05) is 6.07 Å². The van der Waals surface area contributed by atoms with Gasteiger partial charge in [0.05, 0.1) is 12.7 Å². The van der Waals surface area contributed by atoms with Crippen LogP contribution in [0.3, 0.4) is 0 Å². The Kier molecular flexibility index (Phi) is 5.86. The fraction of sp³-hybridized carbons (Fsp3) is 0.667. The number of aryl methyl sites for hydroxylation is 1. The van der Waals surface area contributed by atoms with Crippen LogP contribution in [0.25, 0.3) is 0 Å². The molecule has 0 atom stereocenters. The first-order valence-corrected chi connectivity index (χ1v) is 7.59. The Morgan fingerprint density at radius 3 is 2.68 bits per heavy atom. The third-order valence-electron chi connectivity index (χ3n) is 2.34. The molecule has 1 aromatic rings. The summed E-state index contributed by atoms with van der Waals surface area (Å²) in [5.41, 5.74) is 0. The number of sulfonamides is 1. The van der Waals surface area contributed by atoms with Crippen molar-refractivity contribution < 1.29 is 13.2 Å². The molecule has 0 fully saturated rings. The molecule has 106 valence electrons. The number of halogens is 1. The highest BCUT2D eigenvalue weighted by molar-refractivity contribution is 9.10. The fourth-order valence-corrected chi connectivity index (χ4v) is 3.90. The van der Waals surface area contributed by atoms with Crippen molar-refractivity contribution in [3.8, 4) is 6.07 Å². The normalized spacial score (nSPS) is 11.7. The highest BCUT2D eigenvalue weighted by Gasteiger charge is 2.30. The molecule has 0 aliphatic heterocycles. The molecular weight excluding hydrogens is 338 g/mol. The third-order valence-corrected chi connectivity index (χ3v) is 5.13. The van der Waals surface area contributed by atoms with Gasteiger partial charge in [-0.25, -0.2) is 13.1 Å². The topological polar surface area (TPSA) is 101 Å². The first-order chi connectivity index (χ1) is 8.95. The Balaban J connectivity index is 3.09. The molecule has 0 saturated carbocycles. The zero-order chi connectivity index (χ0) is 14.5. The second-order valence-corrected chi connectivity index (χ2v) is 6.22. The van der Waals surface area contributed by atoms with Crippen LogP contribution in [0, 0.1) is 11.3 Å². The van der Waals surface area contributed by atoms with E-state index >= 15 is 0 Å². The standard InChI is InChI=1S/C9H14BrN5O3S/c1-14-9(8(10)12-13-14)19(16,17)15(5-3-4-11)6-7-18-2/h3,5-7H2,1-2H3. The zero-order valence-electron chi connectivity index (χ0n) is 10.6. The number of methoxy groups -OCH3 is 1. The molecular formula is C9H14BrN5O3S. The van der Waals surface area contributed by atoms with Crippen molar-refractivity contribution in [3.63, 3.8) is 0 Å². The summed E-state index contributed by atoms with van der Waals surface area (Å²) in [5, 5.41) is 15.9. The average Bonchev–Trinajstić information content (AvgIpc) is 2.69. The molecule has 0 aromatic carbocycles. The predicted octanol–water partition coefficient (Wildman–Crippen LogP) is 0.128. The lowest BCUT2D eigenvalue weighted by molar-refractivity contribution is 0.179. The third kappa shape index (κ3) is 3.73. The highest BCUT2D eigenvalue weighted by Crippen LogP contribution is 2.22. The quantitative estimate of drug-likeness (QED) is 0.691. The van der Waals surface area contributed by atoms with Crippen molar-refractivity contribution >= 4 is 26.0 Å². The Hall–Kier alpha value is -1.02. The van der Waals surface area contributed by atoms with E-state index in [1.165, 1.54) is 23.1 Å². The molecule has 0 spiro atoms. The van der Waals surface area contributed by atoms with Crippen LogP contribution in [-0.4, -0.2) is 54.5 Å². The summed E-state index contributed by atoms with van der Waals surface area (Å²) in [4.78, 5) is 0. The van der Waals surface area contributed by atoms with Gasteiger partial charge in [-0.1, -0.05) is 5.21 Å². The summed E-state index contributed by atoms with van der Waals surface area (Å²) in [6, 6.07) is 1.92. The van der Waals surface area contributed by atoms with Gasteiger partial charge in [-0.05, 0) is 15.9 Å². The number of hydrogen-bond donors (Lipinski definition) is 0. The van der Waals surface area contributed by atoms with Crippen LogP contribution in [0.2, 0.25) is 0 Å². The van der Waals surface area contributed by atoms with Gasteiger partial charge in [0.2, 0.25) is 5.03 Å². The summed E-state index contributed by atoms with van der Waals surface area (Å²) in [7, 11) is -0.798. The molecule has 0 N–H and O–H groups in total. The van der Waals surface area contributed by atoms with E-state index in [2.05, 4.69) is 26.2 Å². The van der Waals surface area contributed by atoms with Crippen molar-refractivity contribution in [3.05, 3.63) is 4.60 Å². The van der Waals surface area contributed by atoms with Crippen molar-refractivity contribution in [1.29, 1.82) is 5.26 Å². The largest absolute Gasteiger partial charge is 0.383 e. The number of nitriles is 1. The molecule has 1 rings (SSSR count). The summed E-state index contributed by atoms with van der Waals surface area (Å²) < 4.78 is 32.3. The molecule has 0 bridgehead atoms. The lowest BCUT2D eigenvalue weighted by Gasteiger charge is -2.20. The van der Waals surface area contributed by atoms with E-state index in [-0.39, 0.29) is 35.7 Å². The highest BCUT2D eigenvalue weighted by atomic mass is 79.9. The first-order valence-electron chi connectivity index (χ1n) is 5.36. The number of ether oxygens (including phenoxy) is 1. The minimum atomic E-state index is -3.77. The molecule has 19 heavy (non-hydrogen) atoms. The molecule has 1 aromatic heterocycles. The summed E-state index contributed by atoms with van der Waals surface area (Å²) >= 11 is 3.06. The zero-order valence-corrected chi connectivity index (χ0v) is 13.0. The lowest BCUT2D eigenvalue weighted by atomic mass is 10.4. The van der Waals surface area contributed by atoms with E-state index in [0.717, 1.165) is 0 Å². The fourth-order valence-electron chi connectivity index (χ4n) is 1.44. The first kappa shape index (κ1) is 16.0. The van der Waals surface area contributed by atoms with Crippen LogP contribution in [0.5, 0.6) is 0 Å². The Morgan fingerprint density at radius 1 is 1.53 bits per heavy atom. The number of nitrogens with zero attached hydrogens (tertiary/aromatic N) is 5. The predicted molar refractivity (Wildman–Crippen MR) is 69.6 cm³/mol. The average molecular weight is 352 g/mol. The Bertz CT molecular complexity index is 545. The van der Waals surface area contributed by atoms with Gasteiger partial charge >= 0.3 is 0 Å². The molecule has 10 heteroatoms. The van der Waals surface area contributed by atoms with Crippen LogP contribution in [0.4, 0.5) is 0 Å². The lowest BCUT2D eigenvalue weighted by Crippen LogP contribution is -2.36. The molecule has 0 aliphatic rings. The molecule has 0 saturated heterocycles. The maximum Gasteiger partial charge on any atom is 0.263 e. The van der Waals surface area contributed by atoms with Crippen LogP contribution in [-0.2, 0) is 21.8 Å². The van der Waals surface area contributed by atoms with Crippen molar-refractivity contribution in [2.24, 2.45) is 7.05 Å². The molecule has 0 aliphatic carbocycles. The molecule has 1 heterocycles. The van der Waals surface area contributed by atoms with Gasteiger partial charge in [-0.2, -0.15) is 9.57 Å². The van der Waals surface area contributed by atoms with E-state index in [1.54, 1.807) is 0 Å². The van der Waals surface area contributed by atoms with E-state index in [0.29, 0.717) is 0 Å². The minimum absolute atomic E-state index is 0.0402. The van der Waals surface area contributed by atoms with Gasteiger partial charge in [0, 0.05) is 33.7 Å². The van der Waals surface area contributed by atoms with Crippen molar-refractivity contribution in [1.82, 2.24) is 19.3 Å². The SMILES string of the molecule is COCCN(CCC#N)S(=O)(=O)c1c(Br)nnn1C. The monoisotopic (exact) mass is 351 g/mol. The van der Waals surface area contributed by atoms with Crippen molar-refractivity contribution in [2.75, 3.05) is 26.8 Å². The number of aromatic nitrogens is 3. The maximum absolute atomic E-state index is 12.5. The number of hydrogen-bond acceptors (Lipinski definition) is 6. The van der Waals surface area contributed by atoms with E-state index < -0.39 is 10.0 Å². The Morgan fingerprint density at radius 2 is 2.21 bits per heavy atom. The molecule has 0 amide bonds. The van der Waals surface area contributed by atoms with Crippen LogP contribution < -0.4 is 0 Å². The Labute approximate surface area is 120 Å². The van der Waals surface area contributed by atoms with Gasteiger partial charge in [-0.15, -0.1) is 5.10 Å². The second-order valence-electron chi connectivity index (χ2n) is 3.61. The maximum atomic E-state index is 12.5. The van der Waals surface area contributed by atoms with Gasteiger partial charge in [0.25, 0.3) is 10.0 Å². The van der Waals surface area contributed by atoms with Crippen LogP contribution >= 0.6 is 15.9 Å². The minimum Gasteiger partial charge on any atom is -0.383 e. The molecule has 0 radical (unpaired) electrons. The summed E-state index contributed by atoms with van der Waals surface area (Å²) in [6.45, 7) is 0.505. The molecule has 0 unspecified atom stereocenters. The van der Waals surface area contributed by atoms with Crippen LogP contribution in [0.15, 0.2) is 9.63 Å². The van der Waals surface area contributed by atoms with Crippen molar-refractivity contribution in [2.45, 2.75) is 11.4 Å².